The Kier molecular flexibility index (Phi) is 5.39. The van der Waals surface area contributed by atoms with Gasteiger partial charge >= 0.3 is 0 Å². The molecule has 7 heteroatoms. The van der Waals surface area contributed by atoms with Gasteiger partial charge in [0.05, 0.1) is 11.1 Å². The lowest BCUT2D eigenvalue weighted by molar-refractivity contribution is 0.241. The van der Waals surface area contributed by atoms with E-state index in [0.29, 0.717) is 39.8 Å². The van der Waals surface area contributed by atoms with Gasteiger partial charge in [0, 0.05) is 49.4 Å². The number of fused-ring (bicyclic) bond motifs is 3. The highest BCUT2D eigenvalue weighted by molar-refractivity contribution is 6.29. The first kappa shape index (κ1) is 21.2. The van der Waals surface area contributed by atoms with Crippen LogP contribution in [-0.4, -0.2) is 55.8 Å². The van der Waals surface area contributed by atoms with Crippen LogP contribution in [0.3, 0.4) is 0 Å². The van der Waals surface area contributed by atoms with Crippen LogP contribution >= 0.6 is 0 Å². The average Bonchev–Trinajstić information content (AvgIpc) is 3.17. The highest BCUT2D eigenvalue weighted by Crippen LogP contribution is 2.36. The zero-order chi connectivity index (χ0) is 23.1. The lowest BCUT2D eigenvalue weighted by Gasteiger charge is -2.35. The first-order valence-electron chi connectivity index (χ1n) is 10.9. The third-order valence-corrected chi connectivity index (χ3v) is 6.52. The predicted octanol–water partition coefficient (Wildman–Crippen LogP) is 4.10. The van der Waals surface area contributed by atoms with E-state index >= 15 is 4.39 Å². The Balaban J connectivity index is 1.64. The zero-order valence-corrected chi connectivity index (χ0v) is 18.3. The molecule has 2 aromatic carbocycles. The Labute approximate surface area is 191 Å². The third kappa shape index (κ3) is 3.47. The molecule has 33 heavy (non-hydrogen) atoms. The van der Waals surface area contributed by atoms with E-state index in [1.54, 1.807) is 24.4 Å². The second kappa shape index (κ2) is 8.38. The molecule has 0 saturated carbocycles. The summed E-state index contributed by atoms with van der Waals surface area (Å²) < 4.78 is 30.3. The molecule has 5 rings (SSSR count). The molecule has 2 fully saturated rings. The molecule has 5 nitrogen and oxygen atoms in total. The van der Waals surface area contributed by atoms with Gasteiger partial charge in [0.1, 0.15) is 23.0 Å². The molecule has 2 unspecified atom stereocenters. The Hall–Kier alpha value is -3.63. The molecule has 0 aliphatic carbocycles. The topological polar surface area (TPSA) is 52.4 Å². The van der Waals surface area contributed by atoms with E-state index in [-0.39, 0.29) is 17.0 Å². The van der Waals surface area contributed by atoms with Gasteiger partial charge in [-0.3, -0.25) is 9.98 Å². The maximum Gasteiger partial charge on any atom is 0.175 e. The number of likely N-dealkylation sites (tertiary alicyclic amines) is 1. The molecular formula is C26H23F2N5. The van der Waals surface area contributed by atoms with Gasteiger partial charge in [-0.1, -0.05) is 30.2 Å². The predicted molar refractivity (Wildman–Crippen MR) is 130 cm³/mol. The number of aliphatic imine (C=N–C) groups is 3. The Morgan fingerprint density at radius 2 is 1.97 bits per heavy atom. The minimum Gasteiger partial charge on any atom is -0.353 e. The molecule has 0 amide bonds. The van der Waals surface area contributed by atoms with Gasteiger partial charge in [-0.25, -0.2) is 13.8 Å². The van der Waals surface area contributed by atoms with Gasteiger partial charge in [0.2, 0.25) is 0 Å². The third-order valence-electron chi connectivity index (χ3n) is 6.52. The SMILES string of the molecule is C#Cc1c(F)ccc2cccc(C3=C(F)C(=NC)/C(=C(\N=C)N4CC5CCC(C4)N5)C=N3)c12. The van der Waals surface area contributed by atoms with Crippen LogP contribution in [0.2, 0.25) is 0 Å². The van der Waals surface area contributed by atoms with Crippen molar-refractivity contribution in [2.45, 2.75) is 24.9 Å². The van der Waals surface area contributed by atoms with Crippen LogP contribution in [0.15, 0.2) is 62.5 Å². The minimum absolute atomic E-state index is 0.0656. The summed E-state index contributed by atoms with van der Waals surface area (Å²) in [5.74, 6) is 1.84. The number of halogens is 2. The molecule has 2 atom stereocenters. The fourth-order valence-electron chi connectivity index (χ4n) is 5.06. The van der Waals surface area contributed by atoms with Crippen molar-refractivity contribution in [3.05, 3.63) is 64.5 Å². The maximum atomic E-state index is 15.9. The molecule has 0 aromatic heterocycles. The molecule has 2 saturated heterocycles. The van der Waals surface area contributed by atoms with Gasteiger partial charge in [0.25, 0.3) is 0 Å². The summed E-state index contributed by atoms with van der Waals surface area (Å²) >= 11 is 0. The summed E-state index contributed by atoms with van der Waals surface area (Å²) in [4.78, 5) is 15.1. The van der Waals surface area contributed by atoms with Crippen molar-refractivity contribution in [2.24, 2.45) is 15.0 Å². The molecule has 2 bridgehead atoms. The fraction of sp³-hybridized carbons (Fsp3) is 0.269. The molecule has 166 valence electrons. The van der Waals surface area contributed by atoms with Crippen LogP contribution in [0.4, 0.5) is 8.78 Å². The normalized spacial score (nSPS) is 25.0. The van der Waals surface area contributed by atoms with Crippen molar-refractivity contribution in [1.29, 1.82) is 0 Å². The number of allylic oxidation sites excluding steroid dienone is 2. The first-order valence-corrected chi connectivity index (χ1v) is 10.9. The van der Waals surface area contributed by atoms with Crippen molar-refractivity contribution >= 4 is 35.1 Å². The highest BCUT2D eigenvalue weighted by Gasteiger charge is 2.35. The minimum atomic E-state index is -0.603. The lowest BCUT2D eigenvalue weighted by Crippen LogP contribution is -2.50. The average molecular weight is 444 g/mol. The van der Waals surface area contributed by atoms with E-state index in [2.05, 4.69) is 37.8 Å². The summed E-state index contributed by atoms with van der Waals surface area (Å²) in [6, 6.07) is 8.98. The summed E-state index contributed by atoms with van der Waals surface area (Å²) in [5, 5.41) is 4.73. The van der Waals surface area contributed by atoms with E-state index in [4.69, 9.17) is 6.42 Å². The number of terminal acetylenes is 1. The summed E-state index contributed by atoms with van der Waals surface area (Å²) in [6.45, 7) is 5.28. The lowest BCUT2D eigenvalue weighted by atomic mass is 9.94. The van der Waals surface area contributed by atoms with Crippen LogP contribution in [0, 0.1) is 18.2 Å². The monoisotopic (exact) mass is 443 g/mol. The van der Waals surface area contributed by atoms with E-state index in [9.17, 15) is 4.39 Å². The van der Waals surface area contributed by atoms with Crippen molar-refractivity contribution in [1.82, 2.24) is 10.2 Å². The molecule has 0 radical (unpaired) electrons. The van der Waals surface area contributed by atoms with Gasteiger partial charge < -0.3 is 10.2 Å². The van der Waals surface area contributed by atoms with Crippen molar-refractivity contribution in [3.63, 3.8) is 0 Å². The van der Waals surface area contributed by atoms with Crippen LogP contribution < -0.4 is 5.32 Å². The summed E-state index contributed by atoms with van der Waals surface area (Å²) in [6.07, 6.45) is 9.38. The number of benzene rings is 2. The number of nitrogens with zero attached hydrogens (tertiary/aromatic N) is 4. The van der Waals surface area contributed by atoms with Crippen molar-refractivity contribution in [3.8, 4) is 12.3 Å². The molecule has 3 aliphatic heterocycles. The van der Waals surface area contributed by atoms with Crippen LogP contribution in [0.1, 0.15) is 24.0 Å². The van der Waals surface area contributed by atoms with Crippen molar-refractivity contribution < 1.29 is 8.78 Å². The van der Waals surface area contributed by atoms with Crippen LogP contribution in [0.25, 0.3) is 16.5 Å². The van der Waals surface area contributed by atoms with Gasteiger partial charge in [0.15, 0.2) is 5.83 Å². The largest absolute Gasteiger partial charge is 0.353 e. The standard InChI is InChI=1S/C26H23F2N5/c1-4-18-21(27)11-8-15-6-5-7-19(22(15)18)25-23(28)24(29-2)20(12-31-25)26(30-3)33-13-16-9-10-17(14-33)32-16/h1,5-8,11-12,16-17,32H,3,9-10,13-14H2,2H3/b26-20+,29-24?. The molecule has 3 aliphatic rings. The Bertz CT molecular complexity index is 1320. The zero-order valence-electron chi connectivity index (χ0n) is 18.3. The van der Waals surface area contributed by atoms with E-state index < -0.39 is 11.6 Å². The fourth-order valence-corrected chi connectivity index (χ4v) is 5.06. The van der Waals surface area contributed by atoms with Crippen molar-refractivity contribution in [2.75, 3.05) is 20.1 Å². The van der Waals surface area contributed by atoms with Gasteiger partial charge in [-0.2, -0.15) is 0 Å². The number of piperazine rings is 1. The summed E-state index contributed by atoms with van der Waals surface area (Å²) in [5.41, 5.74) is 1.19. The molecule has 1 N–H and O–H groups in total. The van der Waals surface area contributed by atoms with Gasteiger partial charge in [-0.05, 0) is 31.0 Å². The second-order valence-corrected chi connectivity index (χ2v) is 8.40. The Morgan fingerprint density at radius 1 is 1.21 bits per heavy atom. The molecular weight excluding hydrogens is 420 g/mol. The number of hydrogen-bond donors (Lipinski definition) is 1. The van der Waals surface area contributed by atoms with Gasteiger partial charge in [-0.15, -0.1) is 6.42 Å². The second-order valence-electron chi connectivity index (χ2n) is 8.40. The number of nitrogens with one attached hydrogen (secondary N) is 1. The summed E-state index contributed by atoms with van der Waals surface area (Å²) in [7, 11) is 1.53. The molecule has 3 heterocycles. The van der Waals surface area contributed by atoms with Crippen LogP contribution in [-0.2, 0) is 0 Å². The van der Waals surface area contributed by atoms with Crippen LogP contribution in [0.5, 0.6) is 0 Å². The molecule has 2 aromatic rings. The molecule has 0 spiro atoms. The van der Waals surface area contributed by atoms with E-state index in [1.165, 1.54) is 13.1 Å². The quantitative estimate of drug-likeness (QED) is 0.574. The maximum absolute atomic E-state index is 15.9. The smallest absolute Gasteiger partial charge is 0.175 e. The highest BCUT2D eigenvalue weighted by atomic mass is 19.1. The Morgan fingerprint density at radius 3 is 2.64 bits per heavy atom. The van der Waals surface area contributed by atoms with E-state index in [0.717, 1.165) is 25.9 Å². The number of rotatable bonds is 3. The first-order chi connectivity index (χ1) is 16.0. The number of hydrogen-bond acceptors (Lipinski definition) is 5. The van der Waals surface area contributed by atoms with E-state index in [1.807, 2.05) is 6.07 Å².